The van der Waals surface area contributed by atoms with Gasteiger partial charge < -0.3 is 13.6 Å². The van der Waals surface area contributed by atoms with Crippen molar-refractivity contribution in [2.24, 2.45) is 0 Å². The zero-order valence-corrected chi connectivity index (χ0v) is 22.7. The van der Waals surface area contributed by atoms with E-state index in [2.05, 4.69) is 80.7 Å². The third kappa shape index (κ3) is 3.14. The number of rotatable bonds is 2. The van der Waals surface area contributed by atoms with E-state index in [0.29, 0.717) is 11.3 Å². The fourth-order valence-corrected chi connectivity index (χ4v) is 6.77. The molecule has 0 aliphatic rings. The van der Waals surface area contributed by atoms with Crippen molar-refractivity contribution in [2.75, 3.05) is 0 Å². The molecule has 6 aromatic carbocycles. The molecule has 0 amide bonds. The summed E-state index contributed by atoms with van der Waals surface area (Å²) in [6.45, 7) is 7.88. The minimum absolute atomic E-state index is 0.618. The summed E-state index contributed by atoms with van der Waals surface area (Å²) in [7, 11) is 0. The maximum absolute atomic E-state index is 10.0. The van der Waals surface area contributed by atoms with Gasteiger partial charge in [-0.3, -0.25) is 0 Å². The standard InChI is InChI=1S/C38H20N4O/c1-40-32-13-7-12-29-27-10-3-5-15-34(27)42(38(29)32)25-17-19-36-31(21-25)30-20-24(16-18-35(30)43-36)41-33-14-4-2-9-26(33)28-11-6-8-23(22-39)37(28)41/h2-21H. The molecule has 9 aromatic rings. The maximum Gasteiger partial charge on any atom is 0.211 e. The number of aromatic nitrogens is 2. The van der Waals surface area contributed by atoms with Crippen molar-refractivity contribution in [3.63, 3.8) is 0 Å². The number of para-hydroxylation sites is 4. The summed E-state index contributed by atoms with van der Waals surface area (Å²) < 4.78 is 10.7. The van der Waals surface area contributed by atoms with Crippen LogP contribution in [0.2, 0.25) is 0 Å². The van der Waals surface area contributed by atoms with Crippen LogP contribution < -0.4 is 0 Å². The van der Waals surface area contributed by atoms with Gasteiger partial charge in [0.15, 0.2) is 0 Å². The summed E-state index contributed by atoms with van der Waals surface area (Å²) in [5, 5.41) is 16.3. The van der Waals surface area contributed by atoms with Crippen LogP contribution in [0.1, 0.15) is 5.56 Å². The summed E-state index contributed by atoms with van der Waals surface area (Å²) in [5.74, 6) is 0. The van der Waals surface area contributed by atoms with Crippen LogP contribution in [0.4, 0.5) is 5.69 Å². The lowest BCUT2D eigenvalue weighted by Gasteiger charge is -2.10. The lowest BCUT2D eigenvalue weighted by atomic mass is 10.1. The predicted molar refractivity (Wildman–Crippen MR) is 173 cm³/mol. The number of furan rings is 1. The molecule has 3 aromatic heterocycles. The van der Waals surface area contributed by atoms with Gasteiger partial charge in [0, 0.05) is 38.3 Å². The monoisotopic (exact) mass is 548 g/mol. The number of hydrogen-bond donors (Lipinski definition) is 0. The molecule has 5 nitrogen and oxygen atoms in total. The van der Waals surface area contributed by atoms with Gasteiger partial charge >= 0.3 is 0 Å². The van der Waals surface area contributed by atoms with Gasteiger partial charge in [0.25, 0.3) is 0 Å². The van der Waals surface area contributed by atoms with Gasteiger partial charge in [-0.25, -0.2) is 4.85 Å². The third-order valence-corrected chi connectivity index (χ3v) is 8.56. The van der Waals surface area contributed by atoms with E-state index in [1.807, 2.05) is 60.7 Å². The maximum atomic E-state index is 10.0. The average Bonchev–Trinajstić information content (AvgIpc) is 3.71. The highest BCUT2D eigenvalue weighted by atomic mass is 16.3. The van der Waals surface area contributed by atoms with Crippen LogP contribution in [-0.4, -0.2) is 9.13 Å². The van der Waals surface area contributed by atoms with Crippen molar-refractivity contribution >= 4 is 71.2 Å². The smallest absolute Gasteiger partial charge is 0.211 e. The first-order chi connectivity index (χ1) is 21.2. The molecule has 0 aliphatic heterocycles. The molecule has 0 saturated carbocycles. The van der Waals surface area contributed by atoms with E-state index in [4.69, 9.17) is 11.0 Å². The van der Waals surface area contributed by atoms with Crippen LogP contribution in [0, 0.1) is 17.9 Å². The van der Waals surface area contributed by atoms with Crippen molar-refractivity contribution in [1.82, 2.24) is 9.13 Å². The second-order valence-electron chi connectivity index (χ2n) is 10.8. The summed E-state index contributed by atoms with van der Waals surface area (Å²) in [6, 6.07) is 43.2. The van der Waals surface area contributed by atoms with Gasteiger partial charge in [-0.15, -0.1) is 0 Å². The SMILES string of the molecule is [C-]#[N+]c1cccc2c3ccccc3n(-c3ccc4oc5ccc(-n6c7ccccc7c7cccc(C#N)c76)cc5c4c3)c12. The zero-order chi connectivity index (χ0) is 28.7. The largest absolute Gasteiger partial charge is 0.456 e. The van der Waals surface area contributed by atoms with Gasteiger partial charge in [0.2, 0.25) is 5.69 Å². The molecule has 9 rings (SSSR count). The molecule has 0 atom stereocenters. The van der Waals surface area contributed by atoms with Crippen LogP contribution >= 0.6 is 0 Å². The fourth-order valence-electron chi connectivity index (χ4n) is 6.77. The lowest BCUT2D eigenvalue weighted by Crippen LogP contribution is -1.95. The Bertz CT molecular complexity index is 2520. The Morgan fingerprint density at radius 3 is 1.70 bits per heavy atom. The van der Waals surface area contributed by atoms with Crippen LogP contribution in [-0.2, 0) is 0 Å². The quantitative estimate of drug-likeness (QED) is 0.202. The van der Waals surface area contributed by atoms with E-state index in [-0.39, 0.29) is 0 Å². The summed E-state index contributed by atoms with van der Waals surface area (Å²) >= 11 is 0. The molecular weight excluding hydrogens is 528 g/mol. The number of hydrogen-bond acceptors (Lipinski definition) is 2. The Hall–Kier alpha value is -6.30. The number of benzene rings is 6. The van der Waals surface area contributed by atoms with Crippen molar-refractivity contribution in [3.8, 4) is 17.4 Å². The highest BCUT2D eigenvalue weighted by Crippen LogP contribution is 2.40. The number of nitrogens with zero attached hydrogens (tertiary/aromatic N) is 4. The molecule has 198 valence electrons. The first kappa shape index (κ1) is 23.4. The molecule has 0 fully saturated rings. The van der Waals surface area contributed by atoms with E-state index in [9.17, 15) is 5.26 Å². The van der Waals surface area contributed by atoms with Crippen molar-refractivity contribution in [3.05, 3.63) is 138 Å². The molecule has 0 aliphatic carbocycles. The first-order valence-electron chi connectivity index (χ1n) is 14.0. The van der Waals surface area contributed by atoms with E-state index in [1.54, 1.807) is 0 Å². The Morgan fingerprint density at radius 2 is 1.09 bits per heavy atom. The fraction of sp³-hybridized carbons (Fsp3) is 0. The Balaban J connectivity index is 1.34. The van der Waals surface area contributed by atoms with Gasteiger partial charge in [0.1, 0.15) is 17.2 Å². The van der Waals surface area contributed by atoms with Gasteiger partial charge in [-0.2, -0.15) is 5.26 Å². The molecule has 0 N–H and O–H groups in total. The minimum atomic E-state index is 0.618. The van der Waals surface area contributed by atoms with Crippen LogP contribution in [0.15, 0.2) is 126 Å². The van der Waals surface area contributed by atoms with Gasteiger partial charge in [-0.1, -0.05) is 66.7 Å². The minimum Gasteiger partial charge on any atom is -0.456 e. The highest BCUT2D eigenvalue weighted by molar-refractivity contribution is 6.15. The normalized spacial score (nSPS) is 11.7. The van der Waals surface area contributed by atoms with Gasteiger partial charge in [-0.05, 0) is 60.0 Å². The van der Waals surface area contributed by atoms with Crippen molar-refractivity contribution < 1.29 is 4.42 Å². The summed E-state index contributed by atoms with van der Waals surface area (Å²) in [5.41, 5.74) is 8.66. The molecule has 0 unspecified atom stereocenters. The van der Waals surface area contributed by atoms with Gasteiger partial charge in [0.05, 0.1) is 34.2 Å². The van der Waals surface area contributed by atoms with Crippen molar-refractivity contribution in [2.45, 2.75) is 0 Å². The molecule has 5 heteroatoms. The molecule has 0 spiro atoms. The number of fused-ring (bicyclic) bond motifs is 9. The Morgan fingerprint density at radius 1 is 0.558 bits per heavy atom. The zero-order valence-electron chi connectivity index (χ0n) is 22.7. The van der Waals surface area contributed by atoms with E-state index >= 15 is 0 Å². The molecule has 0 saturated heterocycles. The molecule has 43 heavy (non-hydrogen) atoms. The van der Waals surface area contributed by atoms with Crippen LogP contribution in [0.25, 0.3) is 81.8 Å². The van der Waals surface area contributed by atoms with Crippen LogP contribution in [0.5, 0.6) is 0 Å². The Kier molecular flexibility index (Phi) is 4.68. The van der Waals surface area contributed by atoms with E-state index < -0.39 is 0 Å². The van der Waals surface area contributed by atoms with Crippen molar-refractivity contribution in [1.29, 1.82) is 5.26 Å². The third-order valence-electron chi connectivity index (χ3n) is 8.56. The molecule has 3 heterocycles. The topological polar surface area (TPSA) is 51.1 Å². The Labute approximate surface area is 245 Å². The first-order valence-corrected chi connectivity index (χ1v) is 14.0. The average molecular weight is 549 g/mol. The summed E-state index contributed by atoms with van der Waals surface area (Å²) in [6.07, 6.45) is 0. The highest BCUT2D eigenvalue weighted by Gasteiger charge is 2.19. The molecular formula is C38H20N4O. The summed E-state index contributed by atoms with van der Waals surface area (Å²) in [4.78, 5) is 3.87. The molecule has 0 radical (unpaired) electrons. The molecule has 0 bridgehead atoms. The lowest BCUT2D eigenvalue weighted by molar-refractivity contribution is 0.669. The second kappa shape index (κ2) is 8.60. The van der Waals surface area contributed by atoms with E-state index in [0.717, 1.165) is 76.9 Å². The number of nitriles is 1. The van der Waals surface area contributed by atoms with E-state index in [1.165, 1.54) is 0 Å². The second-order valence-corrected chi connectivity index (χ2v) is 10.8. The predicted octanol–water partition coefficient (Wildman–Crippen LogP) is 10.2. The van der Waals surface area contributed by atoms with Crippen LogP contribution in [0.3, 0.4) is 0 Å².